The fourth-order valence-electron chi connectivity index (χ4n) is 1.47. The van der Waals surface area contributed by atoms with E-state index >= 15 is 0 Å². The van der Waals surface area contributed by atoms with E-state index in [2.05, 4.69) is 15.9 Å². The Morgan fingerprint density at radius 1 is 1.47 bits per heavy atom. The van der Waals surface area contributed by atoms with Crippen molar-refractivity contribution in [2.45, 2.75) is 6.61 Å². The number of nitrogen functional groups attached to an aromatic ring is 1. The van der Waals surface area contributed by atoms with E-state index in [1.165, 1.54) is 12.3 Å². The molecule has 1 aromatic heterocycles. The third-order valence-corrected chi connectivity index (χ3v) is 3.23. The maximum Gasteiger partial charge on any atom is 0.268 e. The zero-order chi connectivity index (χ0) is 13.8. The quantitative estimate of drug-likeness (QED) is 0.507. The van der Waals surface area contributed by atoms with Crippen molar-refractivity contribution in [2.24, 2.45) is 5.84 Å². The van der Waals surface area contributed by atoms with Crippen LogP contribution in [0.1, 0.15) is 16.1 Å². The molecule has 0 saturated carbocycles. The van der Waals surface area contributed by atoms with Crippen LogP contribution in [0.15, 0.2) is 39.4 Å². The van der Waals surface area contributed by atoms with E-state index in [1.54, 1.807) is 18.2 Å². The number of hydrazine groups is 1. The number of furan rings is 1. The summed E-state index contributed by atoms with van der Waals surface area (Å²) in [5.41, 5.74) is 2.38. The second kappa shape index (κ2) is 6.10. The fourth-order valence-corrected chi connectivity index (χ4v) is 2.27. The Balaban J connectivity index is 2.10. The van der Waals surface area contributed by atoms with E-state index in [0.29, 0.717) is 22.1 Å². The Hall–Kier alpha value is -1.50. The first-order chi connectivity index (χ1) is 9.11. The van der Waals surface area contributed by atoms with E-state index in [0.717, 1.165) is 4.47 Å². The molecule has 2 aromatic rings. The molecule has 1 heterocycles. The number of hydrogen-bond donors (Lipinski definition) is 2. The number of carbonyl (C=O) groups excluding carboxylic acids is 1. The van der Waals surface area contributed by atoms with Gasteiger partial charge in [-0.15, -0.1) is 0 Å². The van der Waals surface area contributed by atoms with E-state index in [4.69, 9.17) is 26.6 Å². The average molecular weight is 346 g/mol. The van der Waals surface area contributed by atoms with Crippen LogP contribution in [-0.2, 0) is 6.61 Å². The Morgan fingerprint density at radius 2 is 2.26 bits per heavy atom. The molecule has 0 fully saturated rings. The molecule has 2 rings (SSSR count). The molecule has 1 aromatic carbocycles. The molecule has 0 bridgehead atoms. The van der Waals surface area contributed by atoms with Gasteiger partial charge in [0.15, 0.2) is 5.76 Å². The highest BCUT2D eigenvalue weighted by Gasteiger charge is 2.14. The minimum atomic E-state index is -0.428. The molecule has 0 aliphatic heterocycles. The predicted molar refractivity (Wildman–Crippen MR) is 73.8 cm³/mol. The number of nitrogens with two attached hydrogens (primary N) is 1. The molecule has 0 aliphatic carbocycles. The van der Waals surface area contributed by atoms with Gasteiger partial charge in [-0.25, -0.2) is 5.84 Å². The number of rotatable bonds is 4. The largest absolute Gasteiger partial charge is 0.484 e. The van der Waals surface area contributed by atoms with Crippen molar-refractivity contribution >= 4 is 33.4 Å². The minimum absolute atomic E-state index is 0.107. The summed E-state index contributed by atoms with van der Waals surface area (Å²) in [6.45, 7) is 0.107. The van der Waals surface area contributed by atoms with E-state index in [1.807, 2.05) is 5.43 Å². The Kier molecular flexibility index (Phi) is 4.47. The van der Waals surface area contributed by atoms with Crippen LogP contribution in [0, 0.1) is 0 Å². The molecule has 100 valence electrons. The van der Waals surface area contributed by atoms with Gasteiger partial charge in [0.05, 0.1) is 16.3 Å². The average Bonchev–Trinajstić information content (AvgIpc) is 2.85. The molecule has 0 spiro atoms. The molecular weight excluding hydrogens is 335 g/mol. The number of halogens is 2. The topological polar surface area (TPSA) is 77.5 Å². The number of hydrogen-bond acceptors (Lipinski definition) is 4. The van der Waals surface area contributed by atoms with E-state index in [-0.39, 0.29) is 6.61 Å². The van der Waals surface area contributed by atoms with Gasteiger partial charge < -0.3 is 9.15 Å². The number of amides is 1. The summed E-state index contributed by atoms with van der Waals surface area (Å²) in [5, 5.41) is 0.598. The first-order valence-electron chi connectivity index (χ1n) is 5.27. The normalized spacial score (nSPS) is 10.3. The summed E-state index contributed by atoms with van der Waals surface area (Å²) in [7, 11) is 0. The maximum atomic E-state index is 11.4. The zero-order valence-electron chi connectivity index (χ0n) is 9.65. The Labute approximate surface area is 122 Å². The first-order valence-corrected chi connectivity index (χ1v) is 6.44. The molecule has 19 heavy (non-hydrogen) atoms. The zero-order valence-corrected chi connectivity index (χ0v) is 12.0. The summed E-state index contributed by atoms with van der Waals surface area (Å²) in [6, 6.07) is 6.67. The van der Waals surface area contributed by atoms with Crippen molar-refractivity contribution in [2.75, 3.05) is 0 Å². The third-order valence-electron chi connectivity index (χ3n) is 2.37. The van der Waals surface area contributed by atoms with Crippen LogP contribution in [0.4, 0.5) is 0 Å². The third kappa shape index (κ3) is 3.28. The summed E-state index contributed by atoms with van der Waals surface area (Å²) in [5.74, 6) is 5.64. The van der Waals surface area contributed by atoms with Gasteiger partial charge in [0.1, 0.15) is 12.4 Å². The lowest BCUT2D eigenvalue weighted by Gasteiger charge is -2.08. The second-order valence-electron chi connectivity index (χ2n) is 3.59. The number of nitrogens with one attached hydrogen (secondary N) is 1. The summed E-state index contributed by atoms with van der Waals surface area (Å²) >= 11 is 9.16. The molecule has 0 atom stereocenters. The van der Waals surface area contributed by atoms with Gasteiger partial charge in [-0.3, -0.25) is 10.2 Å². The Morgan fingerprint density at radius 3 is 2.95 bits per heavy atom. The lowest BCUT2D eigenvalue weighted by Crippen LogP contribution is -2.30. The standard InChI is InChI=1S/C12H10BrClN2O3/c13-9-5-7(14)1-2-10(9)19-6-11-8(3-4-18-11)12(17)16-15/h1-5H,6,15H2,(H,16,17). The Bertz CT molecular complexity index is 600. The SMILES string of the molecule is NNC(=O)c1ccoc1COc1ccc(Cl)cc1Br. The highest BCUT2D eigenvalue weighted by atomic mass is 79.9. The number of benzene rings is 1. The number of carbonyl (C=O) groups is 1. The van der Waals surface area contributed by atoms with Crippen LogP contribution in [-0.4, -0.2) is 5.91 Å². The van der Waals surface area contributed by atoms with Crippen LogP contribution >= 0.6 is 27.5 Å². The highest BCUT2D eigenvalue weighted by molar-refractivity contribution is 9.10. The number of ether oxygens (including phenoxy) is 1. The molecule has 0 radical (unpaired) electrons. The molecule has 7 heteroatoms. The second-order valence-corrected chi connectivity index (χ2v) is 4.89. The smallest absolute Gasteiger partial charge is 0.268 e. The van der Waals surface area contributed by atoms with Crippen molar-refractivity contribution in [3.8, 4) is 5.75 Å². The predicted octanol–water partition coefficient (Wildman–Crippen LogP) is 2.88. The van der Waals surface area contributed by atoms with Gasteiger partial charge in [-0.2, -0.15) is 0 Å². The summed E-state index contributed by atoms with van der Waals surface area (Å²) in [4.78, 5) is 11.4. The van der Waals surface area contributed by atoms with Crippen molar-refractivity contribution in [3.63, 3.8) is 0 Å². The van der Waals surface area contributed by atoms with Crippen molar-refractivity contribution < 1.29 is 13.9 Å². The van der Waals surface area contributed by atoms with Crippen LogP contribution < -0.4 is 16.0 Å². The van der Waals surface area contributed by atoms with Gasteiger partial charge in [0.25, 0.3) is 5.91 Å². The molecule has 5 nitrogen and oxygen atoms in total. The van der Waals surface area contributed by atoms with Gasteiger partial charge >= 0.3 is 0 Å². The monoisotopic (exact) mass is 344 g/mol. The first kappa shape index (κ1) is 13.9. The van der Waals surface area contributed by atoms with Crippen LogP contribution in [0.25, 0.3) is 0 Å². The van der Waals surface area contributed by atoms with Crippen LogP contribution in [0.5, 0.6) is 5.75 Å². The minimum Gasteiger partial charge on any atom is -0.484 e. The van der Waals surface area contributed by atoms with E-state index in [9.17, 15) is 4.79 Å². The molecule has 3 N–H and O–H groups in total. The molecule has 1 amide bonds. The van der Waals surface area contributed by atoms with E-state index < -0.39 is 5.91 Å². The van der Waals surface area contributed by atoms with Gasteiger partial charge in [0.2, 0.25) is 0 Å². The lowest BCUT2D eigenvalue weighted by molar-refractivity contribution is 0.0949. The summed E-state index contributed by atoms with van der Waals surface area (Å²) < 4.78 is 11.5. The molecule has 0 unspecified atom stereocenters. The van der Waals surface area contributed by atoms with Crippen LogP contribution in [0.2, 0.25) is 5.02 Å². The van der Waals surface area contributed by atoms with Crippen molar-refractivity contribution in [3.05, 3.63) is 51.3 Å². The molecule has 0 aliphatic rings. The molecular formula is C12H10BrClN2O3. The van der Waals surface area contributed by atoms with Gasteiger partial charge in [-0.1, -0.05) is 11.6 Å². The van der Waals surface area contributed by atoms with Crippen LogP contribution in [0.3, 0.4) is 0 Å². The van der Waals surface area contributed by atoms with Gasteiger partial charge in [-0.05, 0) is 40.2 Å². The van der Waals surface area contributed by atoms with Crippen molar-refractivity contribution in [1.29, 1.82) is 0 Å². The van der Waals surface area contributed by atoms with Crippen molar-refractivity contribution in [1.82, 2.24) is 5.43 Å². The highest BCUT2D eigenvalue weighted by Crippen LogP contribution is 2.28. The fraction of sp³-hybridized carbons (Fsp3) is 0.0833. The van der Waals surface area contributed by atoms with Gasteiger partial charge in [0, 0.05) is 5.02 Å². The maximum absolute atomic E-state index is 11.4. The lowest BCUT2D eigenvalue weighted by atomic mass is 10.2. The molecule has 0 saturated heterocycles. The summed E-state index contributed by atoms with van der Waals surface area (Å²) in [6.07, 6.45) is 1.40.